The van der Waals surface area contributed by atoms with Crippen molar-refractivity contribution in [2.75, 3.05) is 13.1 Å². The molecule has 0 spiro atoms. The highest BCUT2D eigenvalue weighted by molar-refractivity contribution is 4.86. The molecule has 1 fully saturated rings. The van der Waals surface area contributed by atoms with Crippen molar-refractivity contribution in [1.82, 2.24) is 4.90 Å². The van der Waals surface area contributed by atoms with Crippen LogP contribution in [0.4, 0.5) is 0 Å². The highest BCUT2D eigenvalue weighted by Gasteiger charge is 2.32. The third-order valence-electron chi connectivity index (χ3n) is 3.01. The lowest BCUT2D eigenvalue weighted by atomic mass is 10.0. The molecule has 1 heterocycles. The molecule has 0 aromatic heterocycles. The van der Waals surface area contributed by atoms with Crippen molar-refractivity contribution in [3.63, 3.8) is 0 Å². The maximum absolute atomic E-state index is 5.54. The van der Waals surface area contributed by atoms with Crippen LogP contribution >= 0.6 is 0 Å². The zero-order valence-corrected chi connectivity index (χ0v) is 7.88. The lowest BCUT2D eigenvalue weighted by molar-refractivity contribution is 0.209. The van der Waals surface area contributed by atoms with Gasteiger partial charge in [0.25, 0.3) is 0 Å². The Morgan fingerprint density at radius 2 is 2.00 bits per heavy atom. The van der Waals surface area contributed by atoms with Gasteiger partial charge in [0.15, 0.2) is 0 Å². The van der Waals surface area contributed by atoms with Crippen LogP contribution in [0.15, 0.2) is 0 Å². The van der Waals surface area contributed by atoms with E-state index in [1.807, 2.05) is 0 Å². The Kier molecular flexibility index (Phi) is 2.90. The summed E-state index contributed by atoms with van der Waals surface area (Å²) in [4.78, 5) is 2.52. The fourth-order valence-electron chi connectivity index (χ4n) is 2.17. The Balaban J connectivity index is 2.49. The molecule has 2 nitrogen and oxygen atoms in total. The smallest absolute Gasteiger partial charge is 0.0110 e. The average molecular weight is 156 g/mol. The highest BCUT2D eigenvalue weighted by atomic mass is 15.2. The van der Waals surface area contributed by atoms with Crippen LogP contribution in [0, 0.1) is 5.92 Å². The molecule has 2 heteroatoms. The van der Waals surface area contributed by atoms with E-state index in [1.54, 1.807) is 0 Å². The van der Waals surface area contributed by atoms with Gasteiger partial charge >= 0.3 is 0 Å². The maximum Gasteiger partial charge on any atom is 0.0110 e. The summed E-state index contributed by atoms with van der Waals surface area (Å²) in [5.41, 5.74) is 5.54. The van der Waals surface area contributed by atoms with Crippen molar-refractivity contribution in [1.29, 1.82) is 0 Å². The first-order valence-electron chi connectivity index (χ1n) is 4.62. The number of likely N-dealkylation sites (tertiary alicyclic amines) is 1. The van der Waals surface area contributed by atoms with Crippen LogP contribution in [-0.4, -0.2) is 30.1 Å². The first-order valence-corrected chi connectivity index (χ1v) is 4.62. The second-order valence-electron chi connectivity index (χ2n) is 3.83. The molecule has 1 aliphatic rings. The molecule has 1 saturated heterocycles. The number of rotatable bonds is 2. The molecule has 0 bridgehead atoms. The quantitative estimate of drug-likeness (QED) is 0.648. The predicted octanol–water partition coefficient (Wildman–Crippen LogP) is 1.06. The Morgan fingerprint density at radius 3 is 2.36 bits per heavy atom. The largest absolute Gasteiger partial charge is 0.329 e. The van der Waals surface area contributed by atoms with E-state index in [9.17, 15) is 0 Å². The molecule has 0 aliphatic carbocycles. The summed E-state index contributed by atoms with van der Waals surface area (Å²) >= 11 is 0. The van der Waals surface area contributed by atoms with Gasteiger partial charge in [-0.2, -0.15) is 0 Å². The fraction of sp³-hybridized carbons (Fsp3) is 1.00. The van der Waals surface area contributed by atoms with Crippen molar-refractivity contribution >= 4 is 0 Å². The minimum absolute atomic E-state index is 0.730. The third-order valence-corrected chi connectivity index (χ3v) is 3.01. The van der Waals surface area contributed by atoms with Gasteiger partial charge in [0.1, 0.15) is 0 Å². The molecule has 0 aromatic carbocycles. The summed E-state index contributed by atoms with van der Waals surface area (Å²) in [5, 5.41) is 0. The standard InChI is InChI=1S/C9H20N2/c1-7-6-8(2)11(5-4-10)9(7)3/h7-9H,4-6,10H2,1-3H3. The van der Waals surface area contributed by atoms with Gasteiger partial charge in [0.2, 0.25) is 0 Å². The van der Waals surface area contributed by atoms with Crippen molar-refractivity contribution < 1.29 is 0 Å². The monoisotopic (exact) mass is 156 g/mol. The summed E-state index contributed by atoms with van der Waals surface area (Å²) in [6.45, 7) is 8.80. The molecule has 1 aliphatic heterocycles. The second kappa shape index (κ2) is 3.55. The van der Waals surface area contributed by atoms with Crippen molar-refractivity contribution in [3.8, 4) is 0 Å². The topological polar surface area (TPSA) is 29.3 Å². The predicted molar refractivity (Wildman–Crippen MR) is 48.5 cm³/mol. The Morgan fingerprint density at radius 1 is 1.36 bits per heavy atom. The summed E-state index contributed by atoms with van der Waals surface area (Å²) in [7, 11) is 0. The minimum atomic E-state index is 0.730. The van der Waals surface area contributed by atoms with Gasteiger partial charge in [-0.3, -0.25) is 4.90 Å². The van der Waals surface area contributed by atoms with Crippen molar-refractivity contribution in [3.05, 3.63) is 0 Å². The highest BCUT2D eigenvalue weighted by Crippen LogP contribution is 2.28. The van der Waals surface area contributed by atoms with Crippen LogP contribution < -0.4 is 5.73 Å². The van der Waals surface area contributed by atoms with Gasteiger partial charge in [-0.15, -0.1) is 0 Å². The van der Waals surface area contributed by atoms with Crippen LogP contribution in [0.3, 0.4) is 0 Å². The Bertz CT molecular complexity index is 125. The van der Waals surface area contributed by atoms with Crippen LogP contribution in [0.25, 0.3) is 0 Å². The number of hydrogen-bond donors (Lipinski definition) is 1. The molecule has 0 aromatic rings. The third kappa shape index (κ3) is 1.74. The van der Waals surface area contributed by atoms with Crippen molar-refractivity contribution in [2.45, 2.75) is 39.3 Å². The molecular formula is C9H20N2. The van der Waals surface area contributed by atoms with Gasteiger partial charge in [0.05, 0.1) is 0 Å². The summed E-state index contributed by atoms with van der Waals surface area (Å²) in [6.07, 6.45) is 1.33. The molecule has 0 amide bonds. The van der Waals surface area contributed by atoms with Crippen LogP contribution in [0.2, 0.25) is 0 Å². The first kappa shape index (κ1) is 9.01. The van der Waals surface area contributed by atoms with Gasteiger partial charge < -0.3 is 5.73 Å². The average Bonchev–Trinajstić information content (AvgIpc) is 2.17. The number of nitrogens with zero attached hydrogens (tertiary/aromatic N) is 1. The van der Waals surface area contributed by atoms with E-state index in [0.717, 1.165) is 31.1 Å². The van der Waals surface area contributed by atoms with Crippen LogP contribution in [0.5, 0.6) is 0 Å². The van der Waals surface area contributed by atoms with E-state index in [4.69, 9.17) is 5.73 Å². The SMILES string of the molecule is CC1CC(C)N(CCN)C1C. The van der Waals surface area contributed by atoms with Gasteiger partial charge in [-0.25, -0.2) is 0 Å². The molecule has 2 N–H and O–H groups in total. The molecule has 1 rings (SSSR count). The van der Waals surface area contributed by atoms with Gasteiger partial charge in [0, 0.05) is 25.2 Å². The van der Waals surface area contributed by atoms with E-state index >= 15 is 0 Å². The number of nitrogens with two attached hydrogens (primary N) is 1. The molecule has 0 radical (unpaired) electrons. The van der Waals surface area contributed by atoms with Crippen LogP contribution in [0.1, 0.15) is 27.2 Å². The Hall–Kier alpha value is -0.0800. The normalized spacial score (nSPS) is 39.8. The Labute approximate surface area is 69.8 Å². The zero-order valence-electron chi connectivity index (χ0n) is 7.88. The van der Waals surface area contributed by atoms with E-state index < -0.39 is 0 Å². The number of hydrogen-bond acceptors (Lipinski definition) is 2. The second-order valence-corrected chi connectivity index (χ2v) is 3.83. The fourth-order valence-corrected chi connectivity index (χ4v) is 2.17. The minimum Gasteiger partial charge on any atom is -0.329 e. The lowest BCUT2D eigenvalue weighted by Gasteiger charge is -2.25. The van der Waals surface area contributed by atoms with E-state index in [1.165, 1.54) is 6.42 Å². The van der Waals surface area contributed by atoms with E-state index in [0.29, 0.717) is 0 Å². The van der Waals surface area contributed by atoms with E-state index in [2.05, 4.69) is 25.7 Å². The van der Waals surface area contributed by atoms with Crippen molar-refractivity contribution in [2.24, 2.45) is 11.7 Å². The summed E-state index contributed by atoms with van der Waals surface area (Å²) in [6, 6.07) is 1.47. The van der Waals surface area contributed by atoms with E-state index in [-0.39, 0.29) is 0 Å². The van der Waals surface area contributed by atoms with Gasteiger partial charge in [-0.05, 0) is 26.2 Å². The molecule has 3 atom stereocenters. The molecule has 11 heavy (non-hydrogen) atoms. The molecular weight excluding hydrogens is 136 g/mol. The zero-order chi connectivity index (χ0) is 8.43. The van der Waals surface area contributed by atoms with Gasteiger partial charge in [-0.1, -0.05) is 6.92 Å². The maximum atomic E-state index is 5.54. The molecule has 0 saturated carbocycles. The lowest BCUT2D eigenvalue weighted by Crippen LogP contribution is -2.37. The molecule has 3 unspecified atom stereocenters. The summed E-state index contributed by atoms with van der Waals surface area (Å²) < 4.78 is 0. The summed E-state index contributed by atoms with van der Waals surface area (Å²) in [5.74, 6) is 0.844. The molecule has 66 valence electrons. The van der Waals surface area contributed by atoms with Crippen LogP contribution in [-0.2, 0) is 0 Å². The first-order chi connectivity index (χ1) is 5.16.